The molecule has 4 nitrogen and oxygen atoms in total. The van der Waals surface area contributed by atoms with Crippen LogP contribution in [-0.2, 0) is 0 Å². The third-order valence-electron chi connectivity index (χ3n) is 0.336. The van der Waals surface area contributed by atoms with Crippen molar-refractivity contribution in [3.8, 4) is 0 Å². The van der Waals surface area contributed by atoms with E-state index in [0.29, 0.717) is 6.54 Å². The Balaban J connectivity index is 3.17. The molecule has 0 aromatic rings. The second-order valence-corrected chi connectivity index (χ2v) is 0.847. The number of hydroxylamine groups is 3. The van der Waals surface area contributed by atoms with Crippen LogP contribution in [0.15, 0.2) is 0 Å². The van der Waals surface area contributed by atoms with E-state index in [1.165, 1.54) is 6.92 Å². The van der Waals surface area contributed by atoms with Crippen molar-refractivity contribution in [3.63, 3.8) is 0 Å². The Kier molecular flexibility index (Phi) is 1.48. The van der Waals surface area contributed by atoms with Crippen molar-refractivity contribution in [1.29, 1.82) is 0 Å². The first kappa shape index (κ1) is 5.84. The van der Waals surface area contributed by atoms with Crippen LogP contribution < -0.4 is 0 Å². The van der Waals surface area contributed by atoms with E-state index in [-0.39, 0.29) is 0 Å². The van der Waals surface area contributed by atoms with Crippen LogP contribution in [0.4, 0.5) is 0 Å². The van der Waals surface area contributed by atoms with Crippen molar-refractivity contribution < 1.29 is 15.4 Å². The topological polar surface area (TPSA) is 63.5 Å². The third kappa shape index (κ3) is 3.84. The zero-order valence-electron chi connectivity index (χ0n) is 3.33. The van der Waals surface area contributed by atoms with Crippen molar-refractivity contribution in [2.75, 3.05) is 0 Å². The molecule has 6 heavy (non-hydrogen) atoms. The Labute approximate surface area is 35.3 Å². The summed E-state index contributed by atoms with van der Waals surface area (Å²) in [5, 5.41) is 24.9. The van der Waals surface area contributed by atoms with E-state index >= 15 is 0 Å². The second-order valence-electron chi connectivity index (χ2n) is 0.847. The summed E-state index contributed by atoms with van der Waals surface area (Å²) in [6.07, 6.45) is 0. The van der Waals surface area contributed by atoms with E-state index in [9.17, 15) is 5.21 Å². The van der Waals surface area contributed by atoms with Crippen LogP contribution in [0.5, 0.6) is 0 Å². The molecule has 0 atom stereocenters. The Morgan fingerprint density at radius 3 is 1.83 bits per heavy atom. The molecule has 0 unspecified atom stereocenters. The van der Waals surface area contributed by atoms with Crippen LogP contribution in [0.1, 0.15) is 6.92 Å². The van der Waals surface area contributed by atoms with Crippen LogP contribution in [0.2, 0.25) is 0 Å². The number of hydrogen-bond donors (Lipinski definition) is 2. The van der Waals surface area contributed by atoms with Crippen molar-refractivity contribution in [3.05, 3.63) is 11.8 Å². The molecule has 0 aliphatic heterocycles. The molecular formula is C2H6NO3. The number of hydrogen-bond acceptors (Lipinski definition) is 3. The first-order valence-corrected chi connectivity index (χ1v) is 1.42. The summed E-state index contributed by atoms with van der Waals surface area (Å²) >= 11 is 0. The molecular weight excluding hydrogens is 86.0 g/mol. The van der Waals surface area contributed by atoms with Gasteiger partial charge >= 0.3 is 0 Å². The summed E-state index contributed by atoms with van der Waals surface area (Å²) in [5.41, 5.74) is 0. The zero-order chi connectivity index (χ0) is 5.21. The van der Waals surface area contributed by atoms with Gasteiger partial charge in [-0.1, -0.05) is 4.97 Å². The molecule has 37 valence electrons. The normalized spacial score (nSPS) is 12.0. The lowest BCUT2D eigenvalue weighted by atomic mass is 10.8. The maximum absolute atomic E-state index is 9.47. The van der Waals surface area contributed by atoms with E-state index in [1.807, 2.05) is 0 Å². The van der Waals surface area contributed by atoms with Crippen molar-refractivity contribution >= 4 is 0 Å². The molecule has 0 aromatic carbocycles. The van der Waals surface area contributed by atoms with Gasteiger partial charge in [-0.2, -0.15) is 10.4 Å². The predicted octanol–water partition coefficient (Wildman–Crippen LogP) is 0.261. The van der Waals surface area contributed by atoms with Gasteiger partial charge in [0.1, 0.15) is 0 Å². The summed E-state index contributed by atoms with van der Waals surface area (Å²) in [6, 6.07) is 0. The maximum Gasteiger partial charge on any atom is 0.206 e. The van der Waals surface area contributed by atoms with Crippen molar-refractivity contribution in [2.24, 2.45) is 0 Å². The van der Waals surface area contributed by atoms with E-state index in [0.717, 1.165) is 0 Å². The largest absolute Gasteiger partial charge is 0.564 e. The predicted molar refractivity (Wildman–Crippen MR) is 17.2 cm³/mol. The second kappa shape index (κ2) is 1.53. The van der Waals surface area contributed by atoms with Gasteiger partial charge in [0.2, 0.25) is 6.54 Å². The summed E-state index contributed by atoms with van der Waals surface area (Å²) in [7, 11) is 0. The molecule has 0 aliphatic rings. The number of rotatable bonds is 1. The molecule has 0 aromatic heterocycles. The maximum atomic E-state index is 9.47. The average molecular weight is 92.1 g/mol. The van der Waals surface area contributed by atoms with Gasteiger partial charge in [-0.3, -0.25) is 0 Å². The molecule has 0 amide bonds. The minimum atomic E-state index is -2.31. The van der Waals surface area contributed by atoms with Gasteiger partial charge in [0.15, 0.2) is 0 Å². The third-order valence-corrected chi connectivity index (χ3v) is 0.336. The van der Waals surface area contributed by atoms with Gasteiger partial charge in [-0.25, -0.2) is 0 Å². The average Bonchev–Trinajstić information content (AvgIpc) is 1.35. The molecule has 1 radical (unpaired) electrons. The summed E-state index contributed by atoms with van der Waals surface area (Å²) < 4.78 is 0. The van der Waals surface area contributed by atoms with E-state index in [1.54, 1.807) is 0 Å². The SMILES string of the molecule is C[CH][N+]([O-])(O)O. The fourth-order valence-electron chi connectivity index (χ4n) is 0. The summed E-state index contributed by atoms with van der Waals surface area (Å²) in [6.45, 7) is 1.92. The lowest BCUT2D eigenvalue weighted by molar-refractivity contribution is -1.19. The Bertz CT molecular complexity index is 38.5. The molecule has 0 fully saturated rings. The van der Waals surface area contributed by atoms with Crippen LogP contribution in [-0.4, -0.2) is 15.4 Å². The summed E-state index contributed by atoms with van der Waals surface area (Å²) in [5.74, 6) is 0. The quantitative estimate of drug-likeness (QED) is 0.360. The van der Waals surface area contributed by atoms with Crippen LogP contribution in [0.3, 0.4) is 0 Å². The van der Waals surface area contributed by atoms with Crippen LogP contribution >= 0.6 is 0 Å². The minimum absolute atomic E-state index is 0.681. The standard InChI is InChI=1S/C2H6NO3/c1-2-3(4,5)6/h2,4-5H,1H3. The van der Waals surface area contributed by atoms with Crippen LogP contribution in [0.25, 0.3) is 0 Å². The zero-order valence-corrected chi connectivity index (χ0v) is 3.33. The fourth-order valence-corrected chi connectivity index (χ4v) is 0. The molecule has 0 heterocycles. The lowest BCUT2D eigenvalue weighted by Crippen LogP contribution is -2.28. The monoisotopic (exact) mass is 92.0 g/mol. The Hall–Kier alpha value is -0.160. The van der Waals surface area contributed by atoms with Gasteiger partial charge in [0.05, 0.1) is 0 Å². The molecule has 0 bridgehead atoms. The first-order chi connectivity index (χ1) is 2.56. The van der Waals surface area contributed by atoms with Crippen molar-refractivity contribution in [1.82, 2.24) is 0 Å². The molecule has 4 heteroatoms. The first-order valence-electron chi connectivity index (χ1n) is 1.42. The number of nitrogens with zero attached hydrogens (tertiary/aromatic N) is 1. The Morgan fingerprint density at radius 2 is 1.83 bits per heavy atom. The molecule has 0 spiro atoms. The van der Waals surface area contributed by atoms with Gasteiger partial charge in [0.25, 0.3) is 0 Å². The molecule has 0 saturated heterocycles. The highest BCUT2D eigenvalue weighted by Gasteiger charge is 2.01. The van der Waals surface area contributed by atoms with E-state index in [4.69, 9.17) is 10.4 Å². The molecule has 2 N–H and O–H groups in total. The summed E-state index contributed by atoms with van der Waals surface area (Å²) in [4.78, 5) is -2.31. The lowest BCUT2D eigenvalue weighted by Gasteiger charge is -2.19. The highest BCUT2D eigenvalue weighted by atomic mass is 17.1. The van der Waals surface area contributed by atoms with Crippen LogP contribution in [0, 0.1) is 11.8 Å². The molecule has 0 aliphatic carbocycles. The Morgan fingerprint density at radius 1 is 1.67 bits per heavy atom. The minimum Gasteiger partial charge on any atom is -0.564 e. The fraction of sp³-hybridized carbons (Fsp3) is 0.500. The van der Waals surface area contributed by atoms with E-state index in [2.05, 4.69) is 0 Å². The molecule has 0 rings (SSSR count). The van der Waals surface area contributed by atoms with Crippen molar-refractivity contribution in [2.45, 2.75) is 6.92 Å². The smallest absolute Gasteiger partial charge is 0.206 e. The van der Waals surface area contributed by atoms with E-state index < -0.39 is 4.97 Å². The van der Waals surface area contributed by atoms with Gasteiger partial charge in [-0.05, 0) is 0 Å². The van der Waals surface area contributed by atoms with Gasteiger partial charge in [-0.15, -0.1) is 0 Å². The van der Waals surface area contributed by atoms with Gasteiger partial charge in [0, 0.05) is 6.92 Å². The highest BCUT2D eigenvalue weighted by molar-refractivity contribution is 4.25. The highest BCUT2D eigenvalue weighted by Crippen LogP contribution is 1.91. The number of quaternary nitrogens is 1. The van der Waals surface area contributed by atoms with Gasteiger partial charge < -0.3 is 5.21 Å². The molecule has 0 saturated carbocycles.